The highest BCUT2D eigenvalue weighted by Crippen LogP contribution is 2.27. The minimum absolute atomic E-state index is 0.0651. The number of rotatable bonds is 9. The van der Waals surface area contributed by atoms with Crippen molar-refractivity contribution in [3.8, 4) is 11.5 Å². The van der Waals surface area contributed by atoms with Gasteiger partial charge in [-0.25, -0.2) is 4.98 Å². The average Bonchev–Trinajstić information content (AvgIpc) is 3.51. The summed E-state index contributed by atoms with van der Waals surface area (Å²) in [5.41, 5.74) is 0.407. The van der Waals surface area contributed by atoms with Crippen molar-refractivity contribution in [1.82, 2.24) is 15.6 Å². The number of nitrogens with zero attached hydrogens (tertiary/aromatic N) is 1. The number of thiazole rings is 1. The minimum Gasteiger partial charge on any atom is -0.493 e. The molecule has 0 saturated heterocycles. The number of carbonyl (C=O) groups excluding carboxylic acids is 2. The van der Waals surface area contributed by atoms with Crippen LogP contribution in [0.3, 0.4) is 0 Å². The topological polar surface area (TPSA) is 89.6 Å². The Morgan fingerprint density at radius 3 is 2.42 bits per heavy atom. The van der Waals surface area contributed by atoms with E-state index in [1.165, 1.54) is 11.3 Å². The number of ether oxygens (including phenoxy) is 2. The summed E-state index contributed by atoms with van der Waals surface area (Å²) in [5, 5.41) is 10.7. The van der Waals surface area contributed by atoms with Crippen molar-refractivity contribution in [2.24, 2.45) is 0 Å². The van der Waals surface area contributed by atoms with Crippen LogP contribution in [-0.2, 0) is 17.8 Å². The molecule has 2 amide bonds. The normalized spacial score (nSPS) is 17.8. The number of hydrogen-bond acceptors (Lipinski definition) is 7. The molecule has 0 atom stereocenters. The van der Waals surface area contributed by atoms with Crippen molar-refractivity contribution in [2.75, 3.05) is 7.11 Å². The number of para-hydroxylation sites is 2. The number of thiophene rings is 1. The lowest BCUT2D eigenvalue weighted by molar-refractivity contribution is -0.121. The van der Waals surface area contributed by atoms with E-state index < -0.39 is 0 Å². The molecule has 33 heavy (non-hydrogen) atoms. The molecule has 1 aromatic carbocycles. The Morgan fingerprint density at radius 1 is 1.00 bits per heavy atom. The van der Waals surface area contributed by atoms with Gasteiger partial charge in [0.05, 0.1) is 13.5 Å². The zero-order valence-corrected chi connectivity index (χ0v) is 20.0. The molecule has 174 valence electrons. The minimum atomic E-state index is -0.167. The van der Waals surface area contributed by atoms with Gasteiger partial charge in [0.2, 0.25) is 5.91 Å². The molecule has 2 N–H and O–H groups in total. The summed E-state index contributed by atoms with van der Waals surface area (Å²) in [6, 6.07) is 11.6. The third-order valence-electron chi connectivity index (χ3n) is 5.55. The van der Waals surface area contributed by atoms with E-state index in [2.05, 4.69) is 15.6 Å². The van der Waals surface area contributed by atoms with Crippen LogP contribution in [0.4, 0.5) is 0 Å². The largest absolute Gasteiger partial charge is 0.493 e. The maximum absolute atomic E-state index is 12.6. The fraction of sp³-hybridized carbons (Fsp3) is 0.375. The average molecular weight is 486 g/mol. The highest BCUT2D eigenvalue weighted by Gasteiger charge is 2.24. The molecular weight excluding hydrogens is 458 g/mol. The Hall–Kier alpha value is -2.91. The zero-order valence-electron chi connectivity index (χ0n) is 18.4. The fourth-order valence-corrected chi connectivity index (χ4v) is 5.24. The molecule has 1 fully saturated rings. The molecule has 2 heterocycles. The van der Waals surface area contributed by atoms with Crippen LogP contribution in [0.15, 0.2) is 47.2 Å². The van der Waals surface area contributed by atoms with Crippen molar-refractivity contribution in [2.45, 2.75) is 50.8 Å². The SMILES string of the molecule is COc1ccccc1OCc1nc(C(=O)NC2CCC(NC(=O)Cc3cccs3)CC2)cs1. The second-order valence-electron chi connectivity index (χ2n) is 7.91. The van der Waals surface area contributed by atoms with E-state index in [4.69, 9.17) is 9.47 Å². The van der Waals surface area contributed by atoms with Gasteiger partial charge >= 0.3 is 0 Å². The van der Waals surface area contributed by atoms with Crippen LogP contribution >= 0.6 is 22.7 Å². The van der Waals surface area contributed by atoms with Crippen molar-refractivity contribution in [3.05, 3.63) is 62.7 Å². The Kier molecular flexibility index (Phi) is 7.96. The Labute approximate surface area is 201 Å². The number of methoxy groups -OCH3 is 1. The predicted molar refractivity (Wildman–Crippen MR) is 129 cm³/mol. The third kappa shape index (κ3) is 6.55. The maximum atomic E-state index is 12.6. The van der Waals surface area contributed by atoms with E-state index in [0.717, 1.165) is 35.6 Å². The monoisotopic (exact) mass is 485 g/mol. The van der Waals surface area contributed by atoms with E-state index in [1.807, 2.05) is 41.8 Å². The fourth-order valence-electron chi connectivity index (χ4n) is 3.85. The maximum Gasteiger partial charge on any atom is 0.270 e. The molecule has 0 bridgehead atoms. The summed E-state index contributed by atoms with van der Waals surface area (Å²) in [7, 11) is 1.60. The van der Waals surface area contributed by atoms with E-state index in [0.29, 0.717) is 23.6 Å². The molecule has 4 rings (SSSR count). The second-order valence-corrected chi connectivity index (χ2v) is 9.89. The van der Waals surface area contributed by atoms with Gasteiger partial charge in [-0.1, -0.05) is 18.2 Å². The molecule has 9 heteroatoms. The second kappa shape index (κ2) is 11.3. The van der Waals surface area contributed by atoms with Crippen LogP contribution in [-0.4, -0.2) is 36.0 Å². The van der Waals surface area contributed by atoms with Crippen LogP contribution in [0.2, 0.25) is 0 Å². The van der Waals surface area contributed by atoms with Crippen molar-refractivity contribution in [3.63, 3.8) is 0 Å². The van der Waals surface area contributed by atoms with E-state index in [-0.39, 0.29) is 30.5 Å². The van der Waals surface area contributed by atoms with Crippen LogP contribution in [0.5, 0.6) is 11.5 Å². The molecule has 1 aliphatic rings. The molecule has 1 aliphatic carbocycles. The lowest BCUT2D eigenvalue weighted by Gasteiger charge is -2.29. The van der Waals surface area contributed by atoms with Gasteiger partial charge < -0.3 is 20.1 Å². The highest BCUT2D eigenvalue weighted by molar-refractivity contribution is 7.10. The predicted octanol–water partition coefficient (Wildman–Crippen LogP) is 4.19. The number of carbonyl (C=O) groups is 2. The van der Waals surface area contributed by atoms with Crippen LogP contribution in [0, 0.1) is 0 Å². The van der Waals surface area contributed by atoms with Gasteiger partial charge in [-0.2, -0.15) is 0 Å². The van der Waals surface area contributed by atoms with Gasteiger partial charge in [-0.3, -0.25) is 9.59 Å². The summed E-state index contributed by atoms with van der Waals surface area (Å²) in [4.78, 5) is 30.3. The quantitative estimate of drug-likeness (QED) is 0.474. The van der Waals surface area contributed by atoms with E-state index in [9.17, 15) is 9.59 Å². The third-order valence-corrected chi connectivity index (χ3v) is 7.25. The lowest BCUT2D eigenvalue weighted by atomic mass is 9.91. The van der Waals surface area contributed by atoms with Gasteiger partial charge in [-0.15, -0.1) is 22.7 Å². The summed E-state index contributed by atoms with van der Waals surface area (Å²) < 4.78 is 11.1. The number of amides is 2. The molecule has 0 unspecified atom stereocenters. The molecule has 0 aliphatic heterocycles. The Bertz CT molecular complexity index is 1060. The van der Waals surface area contributed by atoms with Crippen molar-refractivity contribution < 1.29 is 19.1 Å². The highest BCUT2D eigenvalue weighted by atomic mass is 32.1. The molecule has 1 saturated carbocycles. The molecule has 3 aromatic rings. The van der Waals surface area contributed by atoms with Crippen molar-refractivity contribution >= 4 is 34.5 Å². The number of aromatic nitrogens is 1. The van der Waals surface area contributed by atoms with Crippen LogP contribution in [0.1, 0.15) is 46.1 Å². The number of hydrogen-bond donors (Lipinski definition) is 2. The van der Waals surface area contributed by atoms with Gasteiger partial charge in [0.25, 0.3) is 5.91 Å². The van der Waals surface area contributed by atoms with Gasteiger partial charge in [-0.05, 0) is 49.3 Å². The summed E-state index contributed by atoms with van der Waals surface area (Å²) in [6.45, 7) is 0.272. The number of nitrogens with one attached hydrogen (secondary N) is 2. The first kappa shape index (κ1) is 23.3. The summed E-state index contributed by atoms with van der Waals surface area (Å²) in [6.07, 6.45) is 3.82. The smallest absolute Gasteiger partial charge is 0.270 e. The van der Waals surface area contributed by atoms with Crippen LogP contribution in [0.25, 0.3) is 0 Å². The molecule has 2 aromatic heterocycles. The summed E-state index contributed by atoms with van der Waals surface area (Å²) in [5.74, 6) is 1.20. The Balaban J connectivity index is 1.20. The number of benzene rings is 1. The lowest BCUT2D eigenvalue weighted by Crippen LogP contribution is -2.44. The Morgan fingerprint density at radius 2 is 1.73 bits per heavy atom. The molecule has 0 spiro atoms. The standard InChI is InChI=1S/C24H27N3O4S2/c1-30-20-6-2-3-7-21(20)31-14-23-27-19(15-33-23)24(29)26-17-10-8-16(9-11-17)25-22(28)13-18-5-4-12-32-18/h2-7,12,15-17H,8-11,13-14H2,1H3,(H,25,28)(H,26,29). The van der Waals surface area contributed by atoms with Gasteiger partial charge in [0.15, 0.2) is 11.5 Å². The first-order chi connectivity index (χ1) is 16.1. The van der Waals surface area contributed by atoms with E-state index >= 15 is 0 Å². The first-order valence-electron chi connectivity index (χ1n) is 10.9. The summed E-state index contributed by atoms with van der Waals surface area (Å²) >= 11 is 2.99. The van der Waals surface area contributed by atoms with Crippen molar-refractivity contribution in [1.29, 1.82) is 0 Å². The van der Waals surface area contributed by atoms with Gasteiger partial charge in [0.1, 0.15) is 17.3 Å². The van der Waals surface area contributed by atoms with Crippen LogP contribution < -0.4 is 20.1 Å². The zero-order chi connectivity index (χ0) is 23.0. The molecule has 7 nitrogen and oxygen atoms in total. The molecule has 0 radical (unpaired) electrons. The molecular formula is C24H27N3O4S2. The van der Waals surface area contributed by atoms with Gasteiger partial charge in [0, 0.05) is 22.3 Å². The van der Waals surface area contributed by atoms with E-state index in [1.54, 1.807) is 23.8 Å². The first-order valence-corrected chi connectivity index (χ1v) is 12.7.